The molecule has 0 amide bonds. The third-order valence-corrected chi connectivity index (χ3v) is 3.77. The number of carboxylic acids is 2. The predicted molar refractivity (Wildman–Crippen MR) is 91.0 cm³/mol. The van der Waals surface area contributed by atoms with Gasteiger partial charge in [0.2, 0.25) is 0 Å². The van der Waals surface area contributed by atoms with E-state index in [9.17, 15) is 19.2 Å². The van der Waals surface area contributed by atoms with Crippen molar-refractivity contribution >= 4 is 23.9 Å². The van der Waals surface area contributed by atoms with E-state index in [2.05, 4.69) is 0 Å². The van der Waals surface area contributed by atoms with Crippen molar-refractivity contribution in [1.29, 1.82) is 0 Å². The SMILES string of the molecule is O=C(O)CCCCCCCC(=O)OC(=O)CCCCCCCC(=O)O. The number of unbranched alkanes of at least 4 members (excludes halogenated alkanes) is 8. The lowest BCUT2D eigenvalue weighted by molar-refractivity contribution is -0.159. The maximum atomic E-state index is 11.5. The topological polar surface area (TPSA) is 118 Å². The van der Waals surface area contributed by atoms with Gasteiger partial charge < -0.3 is 14.9 Å². The number of hydrogen-bond donors (Lipinski definition) is 2. The summed E-state index contributed by atoms with van der Waals surface area (Å²) in [7, 11) is 0. The highest BCUT2D eigenvalue weighted by molar-refractivity contribution is 5.85. The van der Waals surface area contributed by atoms with E-state index in [0.717, 1.165) is 38.5 Å². The fourth-order valence-corrected chi connectivity index (χ4v) is 2.38. The first-order chi connectivity index (χ1) is 11.9. The standard InChI is InChI=1S/C18H30O7/c19-15(20)11-7-3-1-5-9-13-17(23)25-18(24)14-10-6-2-4-8-12-16(21)22/h1-14H2,(H,19,20)(H,21,22). The van der Waals surface area contributed by atoms with Gasteiger partial charge in [-0.25, -0.2) is 0 Å². The Morgan fingerprint density at radius 2 is 0.760 bits per heavy atom. The molecule has 0 aromatic carbocycles. The minimum Gasteiger partial charge on any atom is -0.481 e. The molecule has 0 aromatic heterocycles. The molecule has 0 rings (SSSR count). The van der Waals surface area contributed by atoms with Crippen LogP contribution in [0.1, 0.15) is 89.9 Å². The normalized spacial score (nSPS) is 10.4. The first-order valence-corrected chi connectivity index (χ1v) is 9.09. The molecule has 0 saturated carbocycles. The minimum atomic E-state index is -0.789. The number of carbonyl (C=O) groups excluding carboxylic acids is 2. The lowest BCUT2D eigenvalue weighted by Crippen LogP contribution is -2.11. The molecule has 144 valence electrons. The highest BCUT2D eigenvalue weighted by Crippen LogP contribution is 2.10. The average molecular weight is 358 g/mol. The molecule has 0 atom stereocenters. The van der Waals surface area contributed by atoms with E-state index in [-0.39, 0.29) is 25.7 Å². The molecular weight excluding hydrogens is 328 g/mol. The van der Waals surface area contributed by atoms with Crippen LogP contribution in [-0.4, -0.2) is 34.1 Å². The largest absolute Gasteiger partial charge is 0.481 e. The van der Waals surface area contributed by atoms with Crippen molar-refractivity contribution in [3.8, 4) is 0 Å². The smallest absolute Gasteiger partial charge is 0.313 e. The molecule has 7 heteroatoms. The molecule has 0 unspecified atom stereocenters. The highest BCUT2D eigenvalue weighted by atomic mass is 16.6. The van der Waals surface area contributed by atoms with Gasteiger partial charge in [-0.2, -0.15) is 0 Å². The average Bonchev–Trinajstić information content (AvgIpc) is 2.52. The maximum Gasteiger partial charge on any atom is 0.313 e. The van der Waals surface area contributed by atoms with Crippen LogP contribution in [0.25, 0.3) is 0 Å². The summed E-state index contributed by atoms with van der Waals surface area (Å²) in [6.45, 7) is 0. The minimum absolute atomic E-state index is 0.177. The van der Waals surface area contributed by atoms with Gasteiger partial charge in [-0.05, 0) is 25.7 Å². The Labute approximate surface area is 148 Å². The lowest BCUT2D eigenvalue weighted by atomic mass is 10.1. The van der Waals surface area contributed by atoms with Crippen LogP contribution in [0.4, 0.5) is 0 Å². The van der Waals surface area contributed by atoms with Crippen molar-refractivity contribution < 1.29 is 34.1 Å². The molecule has 0 aliphatic carbocycles. The Kier molecular flexibility index (Phi) is 14.4. The molecule has 0 fully saturated rings. The van der Waals surface area contributed by atoms with Crippen molar-refractivity contribution in [3.63, 3.8) is 0 Å². The zero-order chi connectivity index (χ0) is 18.9. The van der Waals surface area contributed by atoms with Crippen LogP contribution in [-0.2, 0) is 23.9 Å². The molecule has 0 spiro atoms. The first-order valence-electron chi connectivity index (χ1n) is 9.09. The van der Waals surface area contributed by atoms with Gasteiger partial charge in [0.1, 0.15) is 0 Å². The van der Waals surface area contributed by atoms with Gasteiger partial charge in [0.05, 0.1) is 0 Å². The summed E-state index contributed by atoms with van der Waals surface area (Å²) < 4.78 is 4.74. The van der Waals surface area contributed by atoms with Gasteiger partial charge in [0.15, 0.2) is 0 Å². The van der Waals surface area contributed by atoms with E-state index in [1.165, 1.54) is 0 Å². The second kappa shape index (κ2) is 15.6. The Morgan fingerprint density at radius 1 is 0.480 bits per heavy atom. The number of rotatable bonds is 16. The van der Waals surface area contributed by atoms with E-state index in [0.29, 0.717) is 25.7 Å². The van der Waals surface area contributed by atoms with Crippen molar-refractivity contribution in [1.82, 2.24) is 0 Å². The van der Waals surface area contributed by atoms with E-state index in [1.807, 2.05) is 0 Å². The van der Waals surface area contributed by atoms with Gasteiger partial charge in [-0.1, -0.05) is 38.5 Å². The van der Waals surface area contributed by atoms with Crippen molar-refractivity contribution in [2.24, 2.45) is 0 Å². The fraction of sp³-hybridized carbons (Fsp3) is 0.778. The number of carbonyl (C=O) groups is 4. The summed E-state index contributed by atoms with van der Waals surface area (Å²) in [5.74, 6) is -2.58. The van der Waals surface area contributed by atoms with Crippen LogP contribution in [0.15, 0.2) is 0 Å². The van der Waals surface area contributed by atoms with Gasteiger partial charge in [0, 0.05) is 25.7 Å². The molecule has 2 N–H and O–H groups in total. The third-order valence-electron chi connectivity index (χ3n) is 3.77. The summed E-state index contributed by atoms with van der Waals surface area (Å²) in [4.78, 5) is 43.6. The Morgan fingerprint density at radius 3 is 1.08 bits per heavy atom. The summed E-state index contributed by atoms with van der Waals surface area (Å²) in [6.07, 6.45) is 8.38. The zero-order valence-electron chi connectivity index (χ0n) is 14.8. The Balaban J connectivity index is 3.43. The lowest BCUT2D eigenvalue weighted by Gasteiger charge is -2.04. The zero-order valence-corrected chi connectivity index (χ0v) is 14.8. The molecule has 25 heavy (non-hydrogen) atoms. The van der Waals surface area contributed by atoms with E-state index in [1.54, 1.807) is 0 Å². The van der Waals surface area contributed by atoms with E-state index >= 15 is 0 Å². The summed E-state index contributed by atoms with van der Waals surface area (Å²) in [6, 6.07) is 0. The van der Waals surface area contributed by atoms with Gasteiger partial charge >= 0.3 is 23.9 Å². The first kappa shape index (κ1) is 23.1. The van der Waals surface area contributed by atoms with Crippen LogP contribution in [0.3, 0.4) is 0 Å². The molecule has 0 aliphatic rings. The monoisotopic (exact) mass is 358 g/mol. The molecule has 0 aromatic rings. The number of aliphatic carboxylic acids is 2. The number of carboxylic acid groups (broad SMARTS) is 2. The van der Waals surface area contributed by atoms with Crippen LogP contribution < -0.4 is 0 Å². The van der Waals surface area contributed by atoms with Gasteiger partial charge in [0.25, 0.3) is 0 Å². The fourth-order valence-electron chi connectivity index (χ4n) is 2.38. The second-order valence-corrected chi connectivity index (χ2v) is 6.17. The summed E-state index contributed by atoms with van der Waals surface area (Å²) in [5.41, 5.74) is 0. The van der Waals surface area contributed by atoms with Crippen LogP contribution >= 0.6 is 0 Å². The maximum absolute atomic E-state index is 11.5. The molecule has 7 nitrogen and oxygen atoms in total. The highest BCUT2D eigenvalue weighted by Gasteiger charge is 2.10. The quantitative estimate of drug-likeness (QED) is 0.245. The molecule has 0 radical (unpaired) electrons. The Hall–Kier alpha value is -1.92. The molecule has 0 bridgehead atoms. The number of ether oxygens (including phenoxy) is 1. The van der Waals surface area contributed by atoms with Crippen molar-refractivity contribution in [2.45, 2.75) is 89.9 Å². The van der Waals surface area contributed by atoms with Crippen LogP contribution in [0, 0.1) is 0 Å². The molecule has 0 aliphatic heterocycles. The summed E-state index contributed by atoms with van der Waals surface area (Å²) in [5, 5.41) is 17.0. The summed E-state index contributed by atoms with van der Waals surface area (Å²) >= 11 is 0. The van der Waals surface area contributed by atoms with E-state index < -0.39 is 23.9 Å². The van der Waals surface area contributed by atoms with E-state index in [4.69, 9.17) is 14.9 Å². The molecule has 0 heterocycles. The van der Waals surface area contributed by atoms with Gasteiger partial charge in [-0.3, -0.25) is 19.2 Å². The number of hydrogen-bond acceptors (Lipinski definition) is 5. The van der Waals surface area contributed by atoms with Gasteiger partial charge in [-0.15, -0.1) is 0 Å². The predicted octanol–water partition coefficient (Wildman–Crippen LogP) is 3.69. The second-order valence-electron chi connectivity index (χ2n) is 6.17. The molecular formula is C18H30O7. The molecule has 0 saturated heterocycles. The van der Waals surface area contributed by atoms with Crippen LogP contribution in [0.2, 0.25) is 0 Å². The third kappa shape index (κ3) is 18.3. The Bertz CT molecular complexity index is 380. The van der Waals surface area contributed by atoms with Crippen molar-refractivity contribution in [3.05, 3.63) is 0 Å². The number of esters is 2. The van der Waals surface area contributed by atoms with Crippen LogP contribution in [0.5, 0.6) is 0 Å². The van der Waals surface area contributed by atoms with Crippen molar-refractivity contribution in [2.75, 3.05) is 0 Å².